The molecule has 1 aliphatic heterocycles. The van der Waals surface area contributed by atoms with Crippen molar-refractivity contribution in [1.29, 1.82) is 0 Å². The summed E-state index contributed by atoms with van der Waals surface area (Å²) in [5.74, 6) is -0.0370. The number of H-pyrrole nitrogens is 1. The van der Waals surface area contributed by atoms with Gasteiger partial charge < -0.3 is 14.3 Å². The Morgan fingerprint density at radius 3 is 2.62 bits per heavy atom. The van der Waals surface area contributed by atoms with E-state index in [2.05, 4.69) is 11.1 Å². The van der Waals surface area contributed by atoms with Crippen LogP contribution >= 0.6 is 11.6 Å². The van der Waals surface area contributed by atoms with Gasteiger partial charge in [-0.3, -0.25) is 9.59 Å². The summed E-state index contributed by atoms with van der Waals surface area (Å²) in [6.45, 7) is 1.21. The van der Waals surface area contributed by atoms with Gasteiger partial charge in [0.1, 0.15) is 5.65 Å². The number of nitrogens with one attached hydrogen (secondary N) is 1. The van der Waals surface area contributed by atoms with Crippen molar-refractivity contribution in [1.82, 2.24) is 14.3 Å². The number of carbonyl (C=O) groups is 1. The van der Waals surface area contributed by atoms with Crippen molar-refractivity contribution in [2.24, 2.45) is 0 Å². The largest absolute Gasteiger partial charge is 0.335 e. The Hall–Kier alpha value is -3.31. The molecule has 1 aliphatic rings. The Morgan fingerprint density at radius 1 is 1.07 bits per heavy atom. The van der Waals surface area contributed by atoms with Gasteiger partial charge in [-0.05, 0) is 47.9 Å². The number of aromatic amines is 1. The van der Waals surface area contributed by atoms with E-state index in [4.69, 9.17) is 11.6 Å². The van der Waals surface area contributed by atoms with Crippen molar-refractivity contribution < 1.29 is 4.79 Å². The number of para-hydroxylation sites is 1. The average molecular weight is 404 g/mol. The van der Waals surface area contributed by atoms with Gasteiger partial charge in [0, 0.05) is 24.3 Å². The Balaban J connectivity index is 1.44. The maximum Gasteiger partial charge on any atom is 0.258 e. The molecule has 0 atom stereocenters. The van der Waals surface area contributed by atoms with Gasteiger partial charge in [0.2, 0.25) is 0 Å². The zero-order valence-corrected chi connectivity index (χ0v) is 16.3. The molecule has 6 heteroatoms. The summed E-state index contributed by atoms with van der Waals surface area (Å²) < 4.78 is 1.86. The molecule has 1 N–H and O–H groups in total. The van der Waals surface area contributed by atoms with Gasteiger partial charge in [-0.2, -0.15) is 0 Å². The molecular formula is C23H18ClN3O2. The minimum atomic E-state index is -0.154. The molecule has 0 spiro atoms. The Bertz CT molecular complexity index is 1330. The van der Waals surface area contributed by atoms with Crippen LogP contribution in [0.3, 0.4) is 0 Å². The first-order valence-corrected chi connectivity index (χ1v) is 9.85. The fourth-order valence-electron chi connectivity index (χ4n) is 3.90. The monoisotopic (exact) mass is 403 g/mol. The molecule has 144 valence electrons. The highest BCUT2D eigenvalue weighted by molar-refractivity contribution is 6.30. The number of benzene rings is 2. The highest BCUT2D eigenvalue weighted by Crippen LogP contribution is 2.25. The molecule has 3 heterocycles. The third-order valence-corrected chi connectivity index (χ3v) is 5.68. The standard InChI is InChI=1S/C23H18ClN3O2/c24-18-7-5-15(6-8-18)16-9-11-26(12-10-16)23(29)17-13-21-25-22(28)19-3-1-2-4-20(19)27(21)14-17/h1-9,13-14H,10-12H2,(H,25,28). The number of rotatable bonds is 2. The molecule has 0 unspecified atom stereocenters. The molecule has 0 saturated carbocycles. The maximum absolute atomic E-state index is 13.1. The number of aromatic nitrogens is 2. The van der Waals surface area contributed by atoms with Crippen LogP contribution in [0.15, 0.2) is 71.7 Å². The van der Waals surface area contributed by atoms with E-state index in [1.165, 1.54) is 5.57 Å². The van der Waals surface area contributed by atoms with Crippen molar-refractivity contribution in [2.45, 2.75) is 6.42 Å². The third-order valence-electron chi connectivity index (χ3n) is 5.43. The van der Waals surface area contributed by atoms with E-state index in [0.717, 1.165) is 17.5 Å². The summed E-state index contributed by atoms with van der Waals surface area (Å²) in [6.07, 6.45) is 4.69. The Kier molecular flexibility index (Phi) is 4.25. The summed E-state index contributed by atoms with van der Waals surface area (Å²) in [6, 6.07) is 16.9. The van der Waals surface area contributed by atoms with Crippen molar-refractivity contribution >= 4 is 39.6 Å². The minimum Gasteiger partial charge on any atom is -0.335 e. The number of hydrogen-bond donors (Lipinski definition) is 1. The molecule has 29 heavy (non-hydrogen) atoms. The van der Waals surface area contributed by atoms with Crippen LogP contribution in [0.2, 0.25) is 5.02 Å². The van der Waals surface area contributed by atoms with Gasteiger partial charge in [0.05, 0.1) is 16.5 Å². The van der Waals surface area contributed by atoms with E-state index in [9.17, 15) is 9.59 Å². The van der Waals surface area contributed by atoms with Gasteiger partial charge in [-0.25, -0.2) is 0 Å². The molecule has 5 nitrogen and oxygen atoms in total. The van der Waals surface area contributed by atoms with E-state index in [1.54, 1.807) is 18.3 Å². The van der Waals surface area contributed by atoms with Gasteiger partial charge >= 0.3 is 0 Å². The van der Waals surface area contributed by atoms with Gasteiger partial charge in [-0.15, -0.1) is 0 Å². The zero-order chi connectivity index (χ0) is 20.0. The highest BCUT2D eigenvalue weighted by Gasteiger charge is 2.21. The van der Waals surface area contributed by atoms with Gasteiger partial charge in [0.15, 0.2) is 0 Å². The number of carbonyl (C=O) groups excluding carboxylic acids is 1. The number of halogens is 1. The number of amides is 1. The average Bonchev–Trinajstić information content (AvgIpc) is 3.18. The Morgan fingerprint density at radius 2 is 1.86 bits per heavy atom. The summed E-state index contributed by atoms with van der Waals surface area (Å²) in [5, 5.41) is 1.32. The second kappa shape index (κ2) is 6.94. The molecule has 4 aromatic rings. The molecule has 0 fully saturated rings. The lowest BCUT2D eigenvalue weighted by Crippen LogP contribution is -2.34. The zero-order valence-electron chi connectivity index (χ0n) is 15.6. The molecule has 1 amide bonds. The van der Waals surface area contributed by atoms with Crippen LogP contribution < -0.4 is 5.56 Å². The van der Waals surface area contributed by atoms with E-state index in [0.29, 0.717) is 34.7 Å². The van der Waals surface area contributed by atoms with E-state index in [1.807, 2.05) is 51.8 Å². The molecule has 0 aliphatic carbocycles. The van der Waals surface area contributed by atoms with E-state index < -0.39 is 0 Å². The van der Waals surface area contributed by atoms with Crippen LogP contribution in [0.25, 0.3) is 22.1 Å². The van der Waals surface area contributed by atoms with Crippen LogP contribution in [0.5, 0.6) is 0 Å². The second-order valence-electron chi connectivity index (χ2n) is 7.19. The fourth-order valence-corrected chi connectivity index (χ4v) is 4.02. The molecule has 0 bridgehead atoms. The smallest absolute Gasteiger partial charge is 0.258 e. The van der Waals surface area contributed by atoms with Crippen LogP contribution in [0, 0.1) is 0 Å². The molecule has 5 rings (SSSR count). The van der Waals surface area contributed by atoms with Crippen molar-refractivity contribution in [3.8, 4) is 0 Å². The topological polar surface area (TPSA) is 57.6 Å². The van der Waals surface area contributed by atoms with E-state index >= 15 is 0 Å². The lowest BCUT2D eigenvalue weighted by molar-refractivity contribution is 0.0773. The van der Waals surface area contributed by atoms with Crippen molar-refractivity contribution in [2.75, 3.05) is 13.1 Å². The van der Waals surface area contributed by atoms with Crippen LogP contribution in [0.1, 0.15) is 22.3 Å². The van der Waals surface area contributed by atoms with Crippen molar-refractivity contribution in [3.63, 3.8) is 0 Å². The molecule has 2 aromatic heterocycles. The minimum absolute atomic E-state index is 0.0370. The van der Waals surface area contributed by atoms with Gasteiger partial charge in [0.25, 0.3) is 11.5 Å². The van der Waals surface area contributed by atoms with Crippen LogP contribution in [0.4, 0.5) is 0 Å². The van der Waals surface area contributed by atoms with Gasteiger partial charge in [-0.1, -0.05) is 41.9 Å². The maximum atomic E-state index is 13.1. The number of hydrogen-bond acceptors (Lipinski definition) is 2. The second-order valence-corrected chi connectivity index (χ2v) is 7.63. The van der Waals surface area contributed by atoms with Crippen LogP contribution in [-0.2, 0) is 0 Å². The summed E-state index contributed by atoms with van der Waals surface area (Å²) >= 11 is 5.97. The lowest BCUT2D eigenvalue weighted by Gasteiger charge is -2.26. The quantitative estimate of drug-likeness (QED) is 0.540. The first-order chi connectivity index (χ1) is 14.1. The van der Waals surface area contributed by atoms with Crippen LogP contribution in [-0.4, -0.2) is 33.3 Å². The summed E-state index contributed by atoms with van der Waals surface area (Å²) in [4.78, 5) is 30.0. The summed E-state index contributed by atoms with van der Waals surface area (Å²) in [5.41, 5.74) is 4.18. The lowest BCUT2D eigenvalue weighted by atomic mass is 9.99. The highest BCUT2D eigenvalue weighted by atomic mass is 35.5. The molecular weight excluding hydrogens is 386 g/mol. The normalized spacial score (nSPS) is 14.4. The van der Waals surface area contributed by atoms with E-state index in [-0.39, 0.29) is 11.5 Å². The Labute approximate surface area is 171 Å². The van der Waals surface area contributed by atoms with Crippen molar-refractivity contribution in [3.05, 3.63) is 93.4 Å². The third kappa shape index (κ3) is 3.13. The summed E-state index contributed by atoms with van der Waals surface area (Å²) in [7, 11) is 0. The molecule has 2 aromatic carbocycles. The molecule has 0 radical (unpaired) electrons. The first-order valence-electron chi connectivity index (χ1n) is 9.47. The predicted molar refractivity (Wildman–Crippen MR) is 115 cm³/mol. The predicted octanol–water partition coefficient (Wildman–Crippen LogP) is 4.36. The number of nitrogens with zero attached hydrogens (tertiary/aromatic N) is 2. The molecule has 0 saturated heterocycles. The first kappa shape index (κ1) is 17.8. The fraction of sp³-hybridized carbons (Fsp3) is 0.130. The number of fused-ring (bicyclic) bond motifs is 3. The SMILES string of the molecule is O=C(c1cc2[nH]c(=O)c3ccccc3n2c1)N1CC=C(c2ccc(Cl)cc2)CC1.